The second kappa shape index (κ2) is 4.55. The molecule has 4 heteroatoms. The maximum Gasteiger partial charge on any atom is 0.0920 e. The predicted molar refractivity (Wildman–Crippen MR) is 70.0 cm³/mol. The Hall–Kier alpha value is -1.65. The van der Waals surface area contributed by atoms with Crippen molar-refractivity contribution < 1.29 is 5.11 Å². The van der Waals surface area contributed by atoms with Gasteiger partial charge in [0.2, 0.25) is 0 Å². The second-order valence-electron chi connectivity index (χ2n) is 4.83. The fourth-order valence-electron chi connectivity index (χ4n) is 2.51. The second-order valence-corrected chi connectivity index (χ2v) is 4.83. The molecule has 2 aromatic rings. The highest BCUT2D eigenvalue weighted by molar-refractivity contribution is 5.59. The number of aromatic amines is 1. The fourth-order valence-corrected chi connectivity index (χ4v) is 2.51. The van der Waals surface area contributed by atoms with Gasteiger partial charge in [0, 0.05) is 6.20 Å². The van der Waals surface area contributed by atoms with Gasteiger partial charge in [0.15, 0.2) is 0 Å². The summed E-state index contributed by atoms with van der Waals surface area (Å²) in [5, 5.41) is 20.8. The normalized spacial score (nSPS) is 18.7. The van der Waals surface area contributed by atoms with Crippen LogP contribution in [0.1, 0.15) is 18.4 Å². The van der Waals surface area contributed by atoms with Crippen LogP contribution in [0.2, 0.25) is 0 Å². The van der Waals surface area contributed by atoms with Gasteiger partial charge < -0.3 is 10.4 Å². The number of aliphatic hydroxyl groups is 1. The van der Waals surface area contributed by atoms with E-state index in [9.17, 15) is 5.11 Å². The van der Waals surface area contributed by atoms with Gasteiger partial charge in [-0.3, -0.25) is 5.10 Å². The number of rotatable bonds is 2. The molecule has 0 spiro atoms. The van der Waals surface area contributed by atoms with Crippen molar-refractivity contribution >= 4 is 0 Å². The van der Waals surface area contributed by atoms with Gasteiger partial charge in [-0.15, -0.1) is 0 Å². The molecular weight excluding hydrogens is 226 g/mol. The van der Waals surface area contributed by atoms with Crippen molar-refractivity contribution in [2.45, 2.75) is 18.4 Å². The van der Waals surface area contributed by atoms with Crippen molar-refractivity contribution in [2.75, 3.05) is 13.1 Å². The Morgan fingerprint density at radius 3 is 2.39 bits per heavy atom. The van der Waals surface area contributed by atoms with Crippen LogP contribution < -0.4 is 5.32 Å². The van der Waals surface area contributed by atoms with Crippen molar-refractivity contribution in [3.8, 4) is 11.3 Å². The zero-order valence-electron chi connectivity index (χ0n) is 10.2. The number of nitrogens with zero attached hydrogens (tertiary/aromatic N) is 1. The number of nitrogens with one attached hydrogen (secondary N) is 2. The molecule has 0 unspecified atom stereocenters. The summed E-state index contributed by atoms with van der Waals surface area (Å²) in [5.74, 6) is 0. The Balaban J connectivity index is 1.86. The number of benzene rings is 1. The highest BCUT2D eigenvalue weighted by Crippen LogP contribution is 2.31. The summed E-state index contributed by atoms with van der Waals surface area (Å²) in [7, 11) is 0. The molecule has 1 aromatic heterocycles. The third-order valence-electron chi connectivity index (χ3n) is 3.66. The maximum absolute atomic E-state index is 10.6. The third-order valence-corrected chi connectivity index (χ3v) is 3.66. The lowest BCUT2D eigenvalue weighted by molar-refractivity contribution is 0.00595. The Kier molecular flexibility index (Phi) is 2.89. The summed E-state index contributed by atoms with van der Waals surface area (Å²) in [4.78, 5) is 0. The Morgan fingerprint density at radius 2 is 1.78 bits per heavy atom. The molecule has 0 aliphatic carbocycles. The van der Waals surface area contributed by atoms with Crippen LogP contribution in [0, 0.1) is 0 Å². The number of H-pyrrole nitrogens is 1. The summed E-state index contributed by atoms with van der Waals surface area (Å²) >= 11 is 0. The van der Waals surface area contributed by atoms with Crippen LogP contribution in [0.3, 0.4) is 0 Å². The minimum Gasteiger partial charge on any atom is -0.385 e. The van der Waals surface area contributed by atoms with E-state index in [1.165, 1.54) is 0 Å². The number of piperidine rings is 1. The van der Waals surface area contributed by atoms with E-state index in [0.717, 1.165) is 42.8 Å². The van der Waals surface area contributed by atoms with Crippen LogP contribution in [0.5, 0.6) is 0 Å². The first-order valence-electron chi connectivity index (χ1n) is 6.31. The molecule has 18 heavy (non-hydrogen) atoms. The maximum atomic E-state index is 10.6. The van der Waals surface area contributed by atoms with Gasteiger partial charge in [-0.2, -0.15) is 5.10 Å². The first-order valence-corrected chi connectivity index (χ1v) is 6.31. The zero-order valence-corrected chi connectivity index (χ0v) is 10.2. The van der Waals surface area contributed by atoms with Crippen LogP contribution in [0.4, 0.5) is 0 Å². The van der Waals surface area contributed by atoms with Crippen molar-refractivity contribution in [1.29, 1.82) is 0 Å². The first-order chi connectivity index (χ1) is 8.78. The Bertz CT molecular complexity index is 498. The Labute approximate surface area is 106 Å². The topological polar surface area (TPSA) is 60.9 Å². The SMILES string of the molecule is OC1(c2ccc(-c3ccn[nH]3)cc2)CCNCC1. The van der Waals surface area contributed by atoms with Gasteiger partial charge in [-0.25, -0.2) is 0 Å². The van der Waals surface area contributed by atoms with E-state index in [2.05, 4.69) is 15.5 Å². The average Bonchev–Trinajstić information content (AvgIpc) is 2.94. The average molecular weight is 243 g/mol. The van der Waals surface area contributed by atoms with Crippen LogP contribution in [-0.4, -0.2) is 28.4 Å². The largest absolute Gasteiger partial charge is 0.385 e. The molecule has 3 N–H and O–H groups in total. The van der Waals surface area contributed by atoms with Crippen molar-refractivity contribution in [1.82, 2.24) is 15.5 Å². The van der Waals surface area contributed by atoms with Crippen LogP contribution in [0.15, 0.2) is 36.5 Å². The van der Waals surface area contributed by atoms with Crippen molar-refractivity contribution in [2.24, 2.45) is 0 Å². The fraction of sp³-hybridized carbons (Fsp3) is 0.357. The molecule has 1 fully saturated rings. The highest BCUT2D eigenvalue weighted by Gasteiger charge is 2.30. The number of hydrogen-bond acceptors (Lipinski definition) is 3. The van der Waals surface area contributed by atoms with Gasteiger partial charge in [0.1, 0.15) is 0 Å². The summed E-state index contributed by atoms with van der Waals surface area (Å²) < 4.78 is 0. The molecule has 0 saturated carbocycles. The van der Waals surface area contributed by atoms with E-state index < -0.39 is 5.60 Å². The molecule has 0 atom stereocenters. The lowest BCUT2D eigenvalue weighted by Gasteiger charge is -2.33. The van der Waals surface area contributed by atoms with Crippen LogP contribution >= 0.6 is 0 Å². The van der Waals surface area contributed by atoms with E-state index in [0.29, 0.717) is 0 Å². The summed E-state index contributed by atoms with van der Waals surface area (Å²) in [6.45, 7) is 1.75. The monoisotopic (exact) mass is 243 g/mol. The number of hydrogen-bond donors (Lipinski definition) is 3. The molecule has 94 valence electrons. The van der Waals surface area contributed by atoms with Crippen molar-refractivity contribution in [3.63, 3.8) is 0 Å². The zero-order chi connectivity index (χ0) is 12.4. The van der Waals surface area contributed by atoms with E-state index in [4.69, 9.17) is 0 Å². The molecule has 0 radical (unpaired) electrons. The molecule has 2 heterocycles. The minimum atomic E-state index is -0.669. The first kappa shape index (κ1) is 11.4. The standard InChI is InChI=1S/C14H17N3O/c18-14(6-9-15-10-7-14)12-3-1-11(2-4-12)13-5-8-16-17-13/h1-5,8,15,18H,6-7,9-10H2,(H,16,17). The third kappa shape index (κ3) is 2.05. The quantitative estimate of drug-likeness (QED) is 0.751. The molecule has 1 aliphatic rings. The van der Waals surface area contributed by atoms with Crippen molar-refractivity contribution in [3.05, 3.63) is 42.1 Å². The molecule has 4 nitrogen and oxygen atoms in total. The highest BCUT2D eigenvalue weighted by atomic mass is 16.3. The van der Waals surface area contributed by atoms with Gasteiger partial charge in [-0.1, -0.05) is 24.3 Å². The van der Waals surface area contributed by atoms with Gasteiger partial charge in [0.25, 0.3) is 0 Å². The molecule has 1 aromatic carbocycles. The lowest BCUT2D eigenvalue weighted by atomic mass is 9.85. The summed E-state index contributed by atoms with van der Waals surface area (Å²) in [6.07, 6.45) is 3.29. The molecule has 1 saturated heterocycles. The van der Waals surface area contributed by atoms with E-state index >= 15 is 0 Å². The summed E-state index contributed by atoms with van der Waals surface area (Å²) in [5.41, 5.74) is 2.43. The molecule has 3 rings (SSSR count). The van der Waals surface area contributed by atoms with Gasteiger partial charge in [0.05, 0.1) is 11.3 Å². The van der Waals surface area contributed by atoms with E-state index in [1.54, 1.807) is 6.20 Å². The van der Waals surface area contributed by atoms with Crippen LogP contribution in [0.25, 0.3) is 11.3 Å². The lowest BCUT2D eigenvalue weighted by Crippen LogP contribution is -2.39. The molecular formula is C14H17N3O. The van der Waals surface area contributed by atoms with Crippen LogP contribution in [-0.2, 0) is 5.60 Å². The smallest absolute Gasteiger partial charge is 0.0920 e. The summed E-state index contributed by atoms with van der Waals surface area (Å²) in [6, 6.07) is 10.0. The minimum absolute atomic E-state index is 0.669. The molecule has 1 aliphatic heterocycles. The Morgan fingerprint density at radius 1 is 1.06 bits per heavy atom. The van der Waals surface area contributed by atoms with E-state index in [1.807, 2.05) is 30.3 Å². The molecule has 0 bridgehead atoms. The van der Waals surface area contributed by atoms with Gasteiger partial charge >= 0.3 is 0 Å². The predicted octanol–water partition coefficient (Wildman–Crippen LogP) is 1.65. The van der Waals surface area contributed by atoms with Gasteiger partial charge in [-0.05, 0) is 43.1 Å². The molecule has 0 amide bonds. The number of aromatic nitrogens is 2. The van der Waals surface area contributed by atoms with E-state index in [-0.39, 0.29) is 0 Å².